The highest BCUT2D eigenvalue weighted by molar-refractivity contribution is 9.10. The van der Waals surface area contributed by atoms with Crippen molar-refractivity contribution in [2.45, 2.75) is 26.4 Å². The minimum atomic E-state index is -0.204. The molecule has 4 heteroatoms. The van der Waals surface area contributed by atoms with Gasteiger partial charge in [-0.15, -0.1) is 0 Å². The topological polar surface area (TPSA) is 32.3 Å². The van der Waals surface area contributed by atoms with Gasteiger partial charge in [-0.2, -0.15) is 0 Å². The van der Waals surface area contributed by atoms with Gasteiger partial charge in [0.05, 0.1) is 6.04 Å². The zero-order chi connectivity index (χ0) is 16.1. The second kappa shape index (κ2) is 7.56. The largest absolute Gasteiger partial charge is 0.325 e. The molecule has 0 aliphatic rings. The van der Waals surface area contributed by atoms with E-state index < -0.39 is 0 Å². The first-order valence-electron chi connectivity index (χ1n) is 7.28. The van der Waals surface area contributed by atoms with Crippen molar-refractivity contribution in [2.75, 3.05) is 12.4 Å². The summed E-state index contributed by atoms with van der Waals surface area (Å²) >= 11 is 3.38. The van der Waals surface area contributed by atoms with Crippen molar-refractivity contribution in [1.82, 2.24) is 4.90 Å². The summed E-state index contributed by atoms with van der Waals surface area (Å²) in [7, 11) is 1.96. The van der Waals surface area contributed by atoms with Gasteiger partial charge in [-0.25, -0.2) is 0 Å². The molecule has 0 aliphatic carbocycles. The molecule has 0 aliphatic heterocycles. The molecule has 1 atom stereocenters. The smallest absolute Gasteiger partial charge is 0.241 e. The maximum Gasteiger partial charge on any atom is 0.241 e. The van der Waals surface area contributed by atoms with Crippen molar-refractivity contribution in [2.24, 2.45) is 0 Å². The molecule has 22 heavy (non-hydrogen) atoms. The average Bonchev–Trinajstić information content (AvgIpc) is 2.51. The first-order valence-corrected chi connectivity index (χ1v) is 8.07. The third-order valence-corrected chi connectivity index (χ3v) is 4.23. The van der Waals surface area contributed by atoms with E-state index in [1.807, 2.05) is 43.1 Å². The summed E-state index contributed by atoms with van der Waals surface area (Å²) in [4.78, 5) is 14.4. The van der Waals surface area contributed by atoms with Crippen LogP contribution in [-0.4, -0.2) is 23.9 Å². The Morgan fingerprint density at radius 3 is 2.32 bits per heavy atom. The van der Waals surface area contributed by atoms with E-state index in [0.29, 0.717) is 0 Å². The molecule has 2 aromatic rings. The van der Waals surface area contributed by atoms with Crippen LogP contribution in [0.5, 0.6) is 0 Å². The van der Waals surface area contributed by atoms with Crippen molar-refractivity contribution in [3.63, 3.8) is 0 Å². The molecule has 0 spiro atoms. The van der Waals surface area contributed by atoms with E-state index in [9.17, 15) is 4.79 Å². The fourth-order valence-electron chi connectivity index (χ4n) is 2.10. The van der Waals surface area contributed by atoms with Crippen molar-refractivity contribution in [1.29, 1.82) is 0 Å². The second-order valence-corrected chi connectivity index (χ2v) is 6.49. The third kappa shape index (κ3) is 4.68. The van der Waals surface area contributed by atoms with Crippen LogP contribution in [0.1, 0.15) is 18.1 Å². The maximum atomic E-state index is 12.3. The van der Waals surface area contributed by atoms with Crippen molar-refractivity contribution in [3.8, 4) is 0 Å². The number of likely N-dealkylation sites (N-methyl/N-ethyl adjacent to an activating group) is 1. The second-order valence-electron chi connectivity index (χ2n) is 5.57. The van der Waals surface area contributed by atoms with Crippen LogP contribution in [0.2, 0.25) is 0 Å². The van der Waals surface area contributed by atoms with Crippen LogP contribution in [0.4, 0.5) is 5.69 Å². The number of hydrogen-bond acceptors (Lipinski definition) is 2. The summed E-state index contributed by atoms with van der Waals surface area (Å²) in [6.45, 7) is 4.74. The molecule has 0 fully saturated rings. The molecule has 0 radical (unpaired) electrons. The Balaban J connectivity index is 1.94. The minimum Gasteiger partial charge on any atom is -0.325 e. The van der Waals surface area contributed by atoms with Gasteiger partial charge in [0.25, 0.3) is 0 Å². The fourth-order valence-corrected chi connectivity index (χ4v) is 2.36. The number of hydrogen-bond donors (Lipinski definition) is 1. The van der Waals surface area contributed by atoms with Crippen LogP contribution in [0.25, 0.3) is 0 Å². The van der Waals surface area contributed by atoms with E-state index in [2.05, 4.69) is 52.4 Å². The van der Waals surface area contributed by atoms with E-state index in [-0.39, 0.29) is 11.9 Å². The van der Waals surface area contributed by atoms with Crippen LogP contribution in [0.3, 0.4) is 0 Å². The number of rotatable bonds is 5. The lowest BCUT2D eigenvalue weighted by Gasteiger charge is -2.24. The van der Waals surface area contributed by atoms with E-state index in [0.717, 1.165) is 16.7 Å². The fraction of sp³-hybridized carbons (Fsp3) is 0.278. The van der Waals surface area contributed by atoms with E-state index >= 15 is 0 Å². The predicted molar refractivity (Wildman–Crippen MR) is 94.9 cm³/mol. The zero-order valence-electron chi connectivity index (χ0n) is 13.1. The van der Waals surface area contributed by atoms with E-state index in [1.165, 1.54) is 11.1 Å². The number of nitrogens with one attached hydrogen (secondary N) is 1. The lowest BCUT2D eigenvalue weighted by Crippen LogP contribution is -2.39. The predicted octanol–water partition coefficient (Wildman–Crippen LogP) is 4.22. The van der Waals surface area contributed by atoms with Crippen LogP contribution in [0, 0.1) is 6.92 Å². The number of anilines is 1. The number of halogens is 1. The lowest BCUT2D eigenvalue weighted by atomic mass is 10.1. The number of carbonyl (C=O) groups is 1. The number of amides is 1. The molecule has 0 heterocycles. The number of benzene rings is 2. The SMILES string of the molecule is Cc1ccc(CN(C)[C@@H](C)C(=O)Nc2ccc(Br)cc2)cc1. The normalized spacial score (nSPS) is 12.2. The van der Waals surface area contributed by atoms with Gasteiger partial charge in [0.1, 0.15) is 0 Å². The average molecular weight is 361 g/mol. The van der Waals surface area contributed by atoms with Gasteiger partial charge in [-0.1, -0.05) is 45.8 Å². The molecule has 0 unspecified atom stereocenters. The third-order valence-electron chi connectivity index (χ3n) is 3.70. The maximum absolute atomic E-state index is 12.3. The summed E-state index contributed by atoms with van der Waals surface area (Å²) < 4.78 is 0.995. The molecular weight excluding hydrogens is 340 g/mol. The Morgan fingerprint density at radius 1 is 1.14 bits per heavy atom. The Hall–Kier alpha value is -1.65. The van der Waals surface area contributed by atoms with Gasteiger partial charge in [-0.05, 0) is 50.7 Å². The van der Waals surface area contributed by atoms with E-state index in [1.54, 1.807) is 0 Å². The molecule has 3 nitrogen and oxygen atoms in total. The quantitative estimate of drug-likeness (QED) is 0.865. The highest BCUT2D eigenvalue weighted by Gasteiger charge is 2.18. The first kappa shape index (κ1) is 16.7. The Labute approximate surface area is 140 Å². The van der Waals surface area contributed by atoms with Gasteiger partial charge < -0.3 is 5.32 Å². The monoisotopic (exact) mass is 360 g/mol. The zero-order valence-corrected chi connectivity index (χ0v) is 14.7. The van der Waals surface area contributed by atoms with Crippen molar-refractivity contribution in [3.05, 3.63) is 64.1 Å². The summed E-state index contributed by atoms with van der Waals surface area (Å²) in [5.74, 6) is -0.00284. The van der Waals surface area contributed by atoms with Crippen molar-refractivity contribution >= 4 is 27.5 Å². The Kier molecular flexibility index (Phi) is 5.75. The number of aryl methyl sites for hydroxylation is 1. The van der Waals surface area contributed by atoms with Crippen LogP contribution in [0.15, 0.2) is 53.0 Å². The molecule has 0 saturated heterocycles. The van der Waals surface area contributed by atoms with Crippen LogP contribution >= 0.6 is 15.9 Å². The molecule has 0 saturated carbocycles. The molecule has 0 bridgehead atoms. The molecule has 2 rings (SSSR count). The lowest BCUT2D eigenvalue weighted by molar-refractivity contribution is -0.120. The first-order chi connectivity index (χ1) is 10.5. The van der Waals surface area contributed by atoms with Gasteiger partial charge in [0.2, 0.25) is 5.91 Å². The summed E-state index contributed by atoms with van der Waals surface area (Å²) in [5.41, 5.74) is 3.26. The molecule has 2 aromatic carbocycles. The van der Waals surface area contributed by atoms with Crippen molar-refractivity contribution < 1.29 is 4.79 Å². The van der Waals surface area contributed by atoms with Crippen LogP contribution in [-0.2, 0) is 11.3 Å². The minimum absolute atomic E-state index is 0.00284. The van der Waals surface area contributed by atoms with E-state index in [4.69, 9.17) is 0 Å². The van der Waals surface area contributed by atoms with Gasteiger partial charge >= 0.3 is 0 Å². The summed E-state index contributed by atoms with van der Waals surface area (Å²) in [6, 6.07) is 15.8. The van der Waals surface area contributed by atoms with Gasteiger partial charge in [0, 0.05) is 16.7 Å². The molecule has 116 valence electrons. The summed E-state index contributed by atoms with van der Waals surface area (Å²) in [6.07, 6.45) is 0. The molecule has 1 N–H and O–H groups in total. The van der Waals surface area contributed by atoms with Gasteiger partial charge in [-0.3, -0.25) is 9.69 Å². The Morgan fingerprint density at radius 2 is 1.73 bits per heavy atom. The van der Waals surface area contributed by atoms with Gasteiger partial charge in [0.15, 0.2) is 0 Å². The standard InChI is InChI=1S/C18H21BrN2O/c1-13-4-6-15(7-5-13)12-21(3)14(2)18(22)20-17-10-8-16(19)9-11-17/h4-11,14H,12H2,1-3H3,(H,20,22)/t14-/m0/s1. The summed E-state index contributed by atoms with van der Waals surface area (Å²) in [5, 5.41) is 2.94. The molecule has 0 aromatic heterocycles. The molecule has 1 amide bonds. The number of nitrogens with zero attached hydrogens (tertiary/aromatic N) is 1. The highest BCUT2D eigenvalue weighted by atomic mass is 79.9. The molecular formula is C18H21BrN2O. The number of carbonyl (C=O) groups excluding carboxylic acids is 1. The van der Waals surface area contributed by atoms with Crippen LogP contribution < -0.4 is 5.32 Å². The Bertz CT molecular complexity index is 623. The highest BCUT2D eigenvalue weighted by Crippen LogP contribution is 2.15.